The van der Waals surface area contributed by atoms with E-state index in [2.05, 4.69) is 21.2 Å². The Kier molecular flexibility index (Phi) is 4.28. The number of rotatable bonds is 3. The van der Waals surface area contributed by atoms with E-state index in [1.54, 1.807) is 4.90 Å². The van der Waals surface area contributed by atoms with Crippen molar-refractivity contribution in [2.24, 2.45) is 0 Å². The second-order valence-corrected chi connectivity index (χ2v) is 7.08. The van der Waals surface area contributed by atoms with Gasteiger partial charge in [0.1, 0.15) is 4.32 Å². The van der Waals surface area contributed by atoms with E-state index in [9.17, 15) is 4.79 Å². The van der Waals surface area contributed by atoms with E-state index in [1.165, 1.54) is 11.8 Å². The molecular weight excluding hydrogens is 368 g/mol. The Balaban J connectivity index is 1.79. The first-order valence-corrected chi connectivity index (χ1v) is 8.35. The number of nitrogens with zero attached hydrogens (tertiary/aromatic N) is 1. The van der Waals surface area contributed by atoms with Crippen molar-refractivity contribution >= 4 is 61.5 Å². The lowest BCUT2D eigenvalue weighted by Crippen LogP contribution is -2.34. The first kappa shape index (κ1) is 14.6. The van der Waals surface area contributed by atoms with Crippen molar-refractivity contribution in [1.29, 1.82) is 0 Å². The summed E-state index contributed by atoms with van der Waals surface area (Å²) in [6, 6.07) is 17.2. The van der Waals surface area contributed by atoms with Gasteiger partial charge in [-0.1, -0.05) is 58.1 Å². The normalized spacial score (nSPS) is 18.1. The molecule has 0 aliphatic carbocycles. The largest absolute Gasteiger partial charge is 0.365 e. The molecule has 1 atom stereocenters. The van der Waals surface area contributed by atoms with Crippen molar-refractivity contribution in [2.45, 2.75) is 5.37 Å². The summed E-state index contributed by atoms with van der Waals surface area (Å²) in [5.41, 5.74) is 1.70. The summed E-state index contributed by atoms with van der Waals surface area (Å²) in [5.74, 6) is -0.0425. The molecule has 21 heavy (non-hydrogen) atoms. The number of hydrogen-bond acceptors (Lipinski definition) is 4. The summed E-state index contributed by atoms with van der Waals surface area (Å²) < 4.78 is 1.57. The maximum atomic E-state index is 12.5. The second kappa shape index (κ2) is 6.17. The van der Waals surface area contributed by atoms with Crippen LogP contribution in [0, 0.1) is 0 Å². The smallest absolute Gasteiger partial charge is 0.266 e. The van der Waals surface area contributed by atoms with Gasteiger partial charge in [0.15, 0.2) is 5.37 Å². The minimum Gasteiger partial charge on any atom is -0.365 e. The maximum Gasteiger partial charge on any atom is 0.266 e. The standard InChI is InChI=1S/C15H11BrN2OS2/c16-10-6-8-11(9-7-10)17-13-14(19)18(15(20)21-13)12-4-2-1-3-5-12/h1-9,13,17H. The minimum atomic E-state index is -0.390. The molecule has 106 valence electrons. The van der Waals surface area contributed by atoms with Gasteiger partial charge in [0.25, 0.3) is 5.91 Å². The third-order valence-electron chi connectivity index (χ3n) is 3.00. The summed E-state index contributed by atoms with van der Waals surface area (Å²) in [6.45, 7) is 0. The minimum absolute atomic E-state index is 0.0425. The Bertz CT molecular complexity index is 676. The van der Waals surface area contributed by atoms with Crippen molar-refractivity contribution in [3.05, 3.63) is 59.1 Å². The van der Waals surface area contributed by atoms with E-state index < -0.39 is 0 Å². The molecule has 1 N–H and O–H groups in total. The Morgan fingerprint density at radius 3 is 2.43 bits per heavy atom. The van der Waals surface area contributed by atoms with Crippen LogP contribution < -0.4 is 10.2 Å². The van der Waals surface area contributed by atoms with Gasteiger partial charge in [0, 0.05) is 10.2 Å². The van der Waals surface area contributed by atoms with E-state index in [0.29, 0.717) is 4.32 Å². The van der Waals surface area contributed by atoms with E-state index >= 15 is 0 Å². The maximum absolute atomic E-state index is 12.5. The zero-order valence-electron chi connectivity index (χ0n) is 10.8. The van der Waals surface area contributed by atoms with Crippen LogP contribution in [0.4, 0.5) is 11.4 Å². The zero-order valence-corrected chi connectivity index (χ0v) is 14.0. The fraction of sp³-hybridized carbons (Fsp3) is 0.0667. The number of anilines is 2. The second-order valence-electron chi connectivity index (χ2n) is 4.42. The number of hydrogen-bond donors (Lipinski definition) is 1. The van der Waals surface area contributed by atoms with Crippen LogP contribution in [0.25, 0.3) is 0 Å². The molecule has 0 bridgehead atoms. The monoisotopic (exact) mass is 378 g/mol. The number of halogens is 1. The summed E-state index contributed by atoms with van der Waals surface area (Å²) in [5, 5.41) is 2.82. The molecular formula is C15H11BrN2OS2. The van der Waals surface area contributed by atoms with Gasteiger partial charge in [0.05, 0.1) is 5.69 Å². The molecule has 1 fully saturated rings. The lowest BCUT2D eigenvalue weighted by atomic mass is 10.3. The number of nitrogens with one attached hydrogen (secondary N) is 1. The molecule has 0 aromatic heterocycles. The molecule has 6 heteroatoms. The van der Waals surface area contributed by atoms with Crippen LogP contribution in [0.15, 0.2) is 59.1 Å². The number of carbonyl (C=O) groups is 1. The van der Waals surface area contributed by atoms with Crippen molar-refractivity contribution in [1.82, 2.24) is 0 Å². The summed E-state index contributed by atoms with van der Waals surface area (Å²) in [7, 11) is 0. The van der Waals surface area contributed by atoms with Gasteiger partial charge in [-0.3, -0.25) is 9.69 Å². The SMILES string of the molecule is O=C1C(Nc2ccc(Br)cc2)SC(=S)N1c1ccccc1. The fourth-order valence-corrected chi connectivity index (χ4v) is 3.66. The molecule has 0 spiro atoms. The van der Waals surface area contributed by atoms with Crippen LogP contribution in [0.1, 0.15) is 0 Å². The lowest BCUT2D eigenvalue weighted by molar-refractivity contribution is -0.116. The van der Waals surface area contributed by atoms with Gasteiger partial charge in [0.2, 0.25) is 0 Å². The lowest BCUT2D eigenvalue weighted by Gasteiger charge is -2.16. The number of para-hydroxylation sites is 1. The van der Waals surface area contributed by atoms with Gasteiger partial charge in [-0.2, -0.15) is 0 Å². The molecule has 1 saturated heterocycles. The Morgan fingerprint density at radius 2 is 1.76 bits per heavy atom. The van der Waals surface area contributed by atoms with Crippen molar-refractivity contribution < 1.29 is 4.79 Å². The van der Waals surface area contributed by atoms with E-state index in [-0.39, 0.29) is 11.3 Å². The Labute approximate surface area is 140 Å². The summed E-state index contributed by atoms with van der Waals surface area (Å²) in [6.07, 6.45) is 0. The van der Waals surface area contributed by atoms with Crippen LogP contribution in [0.3, 0.4) is 0 Å². The Hall–Kier alpha value is -1.37. The quantitative estimate of drug-likeness (QED) is 0.809. The number of benzene rings is 2. The molecule has 0 radical (unpaired) electrons. The molecule has 1 aliphatic heterocycles. The molecule has 1 aliphatic rings. The van der Waals surface area contributed by atoms with Gasteiger partial charge >= 0.3 is 0 Å². The van der Waals surface area contributed by atoms with E-state index in [4.69, 9.17) is 12.2 Å². The summed E-state index contributed by atoms with van der Waals surface area (Å²) >= 11 is 10.1. The highest BCUT2D eigenvalue weighted by atomic mass is 79.9. The van der Waals surface area contributed by atoms with Crippen LogP contribution in [-0.2, 0) is 4.79 Å². The average molecular weight is 379 g/mol. The third kappa shape index (κ3) is 3.12. The van der Waals surface area contributed by atoms with Crippen LogP contribution in [-0.4, -0.2) is 15.6 Å². The van der Waals surface area contributed by atoms with Crippen LogP contribution in [0.2, 0.25) is 0 Å². The number of amides is 1. The van der Waals surface area contributed by atoms with Crippen molar-refractivity contribution in [3.63, 3.8) is 0 Å². The average Bonchev–Trinajstić information content (AvgIpc) is 2.77. The Morgan fingerprint density at radius 1 is 1.10 bits per heavy atom. The van der Waals surface area contributed by atoms with Gasteiger partial charge in [-0.05, 0) is 36.4 Å². The molecule has 3 nitrogen and oxygen atoms in total. The molecule has 2 aromatic carbocycles. The van der Waals surface area contributed by atoms with Crippen LogP contribution in [0.5, 0.6) is 0 Å². The van der Waals surface area contributed by atoms with E-state index in [1.807, 2.05) is 54.6 Å². The fourth-order valence-electron chi connectivity index (χ4n) is 2.01. The number of thiocarbonyl (C=S) groups is 1. The first-order chi connectivity index (χ1) is 10.1. The van der Waals surface area contributed by atoms with Crippen molar-refractivity contribution in [2.75, 3.05) is 10.2 Å². The van der Waals surface area contributed by atoms with Gasteiger partial charge in [-0.15, -0.1) is 0 Å². The first-order valence-electron chi connectivity index (χ1n) is 6.27. The van der Waals surface area contributed by atoms with Gasteiger partial charge < -0.3 is 5.32 Å². The highest BCUT2D eigenvalue weighted by molar-refractivity contribution is 9.10. The molecule has 1 heterocycles. The molecule has 1 unspecified atom stereocenters. The van der Waals surface area contributed by atoms with Gasteiger partial charge in [-0.25, -0.2) is 0 Å². The molecule has 2 aromatic rings. The highest BCUT2D eigenvalue weighted by Crippen LogP contribution is 2.32. The predicted octanol–water partition coefficient (Wildman–Crippen LogP) is 4.25. The van der Waals surface area contributed by atoms with Crippen molar-refractivity contribution in [3.8, 4) is 0 Å². The third-order valence-corrected chi connectivity index (χ3v) is 4.94. The number of thioether (sulfide) groups is 1. The summed E-state index contributed by atoms with van der Waals surface area (Å²) in [4.78, 5) is 14.1. The number of carbonyl (C=O) groups excluding carboxylic acids is 1. The van der Waals surface area contributed by atoms with E-state index in [0.717, 1.165) is 15.8 Å². The molecule has 1 amide bonds. The van der Waals surface area contributed by atoms with Crippen LogP contribution >= 0.6 is 39.9 Å². The topological polar surface area (TPSA) is 32.3 Å². The molecule has 3 rings (SSSR count). The molecule has 0 saturated carbocycles. The predicted molar refractivity (Wildman–Crippen MR) is 95.7 cm³/mol. The zero-order chi connectivity index (χ0) is 14.8. The highest BCUT2D eigenvalue weighted by Gasteiger charge is 2.37.